The highest BCUT2D eigenvalue weighted by molar-refractivity contribution is 6.05. The lowest BCUT2D eigenvalue weighted by molar-refractivity contribution is 0.102. The molecule has 9 heteroatoms. The van der Waals surface area contributed by atoms with Gasteiger partial charge in [0, 0.05) is 18.3 Å². The Morgan fingerprint density at radius 3 is 2.38 bits per heavy atom. The Morgan fingerprint density at radius 1 is 0.969 bits per heavy atom. The molecule has 0 saturated carbocycles. The number of nitrogens with zero attached hydrogens (tertiary/aromatic N) is 1. The van der Waals surface area contributed by atoms with E-state index in [2.05, 4.69) is 15.6 Å². The van der Waals surface area contributed by atoms with Gasteiger partial charge in [0.1, 0.15) is 6.61 Å². The van der Waals surface area contributed by atoms with Crippen molar-refractivity contribution in [2.24, 2.45) is 0 Å². The standard InChI is InChI=1S/C23H24N4O5/c1-30-20-8-5-16(11-21(20)31-2)14-32-23(29)26-12-15-3-6-17(7-4-15)22(28)27-19-9-10-25-13-18(19)24/h3-11,13H,12,14,24H2,1-2H3,(H,26,29)(H,25,27,28). The van der Waals surface area contributed by atoms with E-state index in [9.17, 15) is 9.59 Å². The van der Waals surface area contributed by atoms with Crippen molar-refractivity contribution in [3.63, 3.8) is 0 Å². The van der Waals surface area contributed by atoms with E-state index >= 15 is 0 Å². The lowest BCUT2D eigenvalue weighted by atomic mass is 10.1. The first kappa shape index (κ1) is 22.4. The quantitative estimate of drug-likeness (QED) is 0.494. The second kappa shape index (κ2) is 10.7. The van der Waals surface area contributed by atoms with Gasteiger partial charge in [-0.15, -0.1) is 0 Å². The van der Waals surface area contributed by atoms with Crippen molar-refractivity contribution in [2.75, 3.05) is 25.3 Å². The molecule has 32 heavy (non-hydrogen) atoms. The van der Waals surface area contributed by atoms with Crippen LogP contribution in [0.25, 0.3) is 0 Å². The number of nitrogen functional groups attached to an aromatic ring is 1. The molecular formula is C23H24N4O5. The first-order chi connectivity index (χ1) is 15.5. The van der Waals surface area contributed by atoms with Crippen molar-refractivity contribution in [3.05, 3.63) is 77.6 Å². The fourth-order valence-electron chi connectivity index (χ4n) is 2.83. The minimum Gasteiger partial charge on any atom is -0.493 e. The second-order valence-electron chi connectivity index (χ2n) is 6.73. The largest absolute Gasteiger partial charge is 0.493 e. The van der Waals surface area contributed by atoms with Gasteiger partial charge >= 0.3 is 6.09 Å². The highest BCUT2D eigenvalue weighted by Gasteiger charge is 2.10. The van der Waals surface area contributed by atoms with E-state index in [-0.39, 0.29) is 19.1 Å². The van der Waals surface area contributed by atoms with Crippen molar-refractivity contribution >= 4 is 23.4 Å². The maximum atomic E-state index is 12.4. The number of ether oxygens (including phenoxy) is 3. The summed E-state index contributed by atoms with van der Waals surface area (Å²) >= 11 is 0. The van der Waals surface area contributed by atoms with Crippen LogP contribution in [0.2, 0.25) is 0 Å². The molecule has 0 spiro atoms. The number of methoxy groups -OCH3 is 2. The summed E-state index contributed by atoms with van der Waals surface area (Å²) in [5.41, 5.74) is 8.70. The number of benzene rings is 2. The molecule has 4 N–H and O–H groups in total. The summed E-state index contributed by atoms with van der Waals surface area (Å²) in [6.07, 6.45) is 2.45. The molecule has 0 bridgehead atoms. The number of aromatic nitrogens is 1. The molecular weight excluding hydrogens is 412 g/mol. The number of rotatable bonds is 8. The highest BCUT2D eigenvalue weighted by Crippen LogP contribution is 2.27. The SMILES string of the molecule is COc1ccc(COC(=O)NCc2ccc(C(=O)Nc3ccncc3N)cc2)cc1OC. The zero-order chi connectivity index (χ0) is 22.9. The molecule has 0 atom stereocenters. The monoisotopic (exact) mass is 436 g/mol. The molecule has 3 aromatic rings. The average Bonchev–Trinajstić information content (AvgIpc) is 2.82. The number of pyridine rings is 1. The van der Waals surface area contributed by atoms with Crippen LogP contribution in [-0.4, -0.2) is 31.2 Å². The molecule has 9 nitrogen and oxygen atoms in total. The molecule has 0 aliphatic carbocycles. The van der Waals surface area contributed by atoms with E-state index in [0.717, 1.165) is 11.1 Å². The lowest BCUT2D eigenvalue weighted by Crippen LogP contribution is -2.23. The predicted molar refractivity (Wildman–Crippen MR) is 120 cm³/mol. The summed E-state index contributed by atoms with van der Waals surface area (Å²) in [7, 11) is 3.09. The number of amides is 2. The summed E-state index contributed by atoms with van der Waals surface area (Å²) in [6.45, 7) is 0.341. The number of nitrogens with one attached hydrogen (secondary N) is 2. The van der Waals surface area contributed by atoms with E-state index in [0.29, 0.717) is 28.4 Å². The number of alkyl carbamates (subject to hydrolysis) is 1. The van der Waals surface area contributed by atoms with Gasteiger partial charge in [-0.3, -0.25) is 9.78 Å². The van der Waals surface area contributed by atoms with E-state index in [1.165, 1.54) is 6.20 Å². The molecule has 0 unspecified atom stereocenters. The highest BCUT2D eigenvalue weighted by atomic mass is 16.5. The van der Waals surface area contributed by atoms with Crippen LogP contribution in [0.1, 0.15) is 21.5 Å². The zero-order valence-electron chi connectivity index (χ0n) is 17.8. The molecule has 0 radical (unpaired) electrons. The second-order valence-corrected chi connectivity index (χ2v) is 6.73. The molecule has 2 aromatic carbocycles. The Kier molecular flexibility index (Phi) is 7.47. The third-order valence-corrected chi connectivity index (χ3v) is 4.57. The van der Waals surface area contributed by atoms with Crippen LogP contribution in [0, 0.1) is 0 Å². The van der Waals surface area contributed by atoms with Crippen LogP contribution in [0.4, 0.5) is 16.2 Å². The number of hydrogen-bond acceptors (Lipinski definition) is 7. The molecule has 166 valence electrons. The predicted octanol–water partition coefficient (Wildman–Crippen LogP) is 3.36. The third kappa shape index (κ3) is 5.88. The summed E-state index contributed by atoms with van der Waals surface area (Å²) in [4.78, 5) is 28.2. The van der Waals surface area contributed by atoms with E-state index in [1.54, 1.807) is 68.9 Å². The Bertz CT molecular complexity index is 1090. The fourth-order valence-corrected chi connectivity index (χ4v) is 2.83. The number of nitrogens with two attached hydrogens (primary N) is 1. The van der Waals surface area contributed by atoms with Gasteiger partial charge < -0.3 is 30.6 Å². The first-order valence-electron chi connectivity index (χ1n) is 9.71. The topological polar surface area (TPSA) is 125 Å². The average molecular weight is 436 g/mol. The van der Waals surface area contributed by atoms with Gasteiger partial charge in [0.05, 0.1) is 31.8 Å². The van der Waals surface area contributed by atoms with Crippen LogP contribution in [0.3, 0.4) is 0 Å². The summed E-state index contributed by atoms with van der Waals surface area (Å²) in [6, 6.07) is 13.7. The Hall–Kier alpha value is -4.27. The maximum absolute atomic E-state index is 12.4. The van der Waals surface area contributed by atoms with E-state index in [1.807, 2.05) is 0 Å². The summed E-state index contributed by atoms with van der Waals surface area (Å²) in [5.74, 6) is 0.864. The van der Waals surface area contributed by atoms with E-state index < -0.39 is 6.09 Å². The van der Waals surface area contributed by atoms with E-state index in [4.69, 9.17) is 19.9 Å². The normalized spacial score (nSPS) is 10.2. The number of anilines is 2. The van der Waals surface area contributed by atoms with Gasteiger partial charge in [-0.25, -0.2) is 4.79 Å². The third-order valence-electron chi connectivity index (χ3n) is 4.57. The Balaban J connectivity index is 1.48. The zero-order valence-corrected chi connectivity index (χ0v) is 17.8. The van der Waals surface area contributed by atoms with Gasteiger partial charge in [-0.1, -0.05) is 18.2 Å². The van der Waals surface area contributed by atoms with Crippen molar-refractivity contribution < 1.29 is 23.8 Å². The smallest absolute Gasteiger partial charge is 0.407 e. The first-order valence-corrected chi connectivity index (χ1v) is 9.71. The van der Waals surface area contributed by atoms with Crippen molar-refractivity contribution in [1.82, 2.24) is 10.3 Å². The molecule has 2 amide bonds. The lowest BCUT2D eigenvalue weighted by Gasteiger charge is -2.11. The Labute approximate surface area is 185 Å². The van der Waals surface area contributed by atoms with Crippen LogP contribution < -0.4 is 25.8 Å². The van der Waals surface area contributed by atoms with Gasteiger partial charge in [-0.05, 0) is 41.5 Å². The Morgan fingerprint density at radius 2 is 1.69 bits per heavy atom. The van der Waals surface area contributed by atoms with Crippen LogP contribution in [0.15, 0.2) is 60.9 Å². The maximum Gasteiger partial charge on any atom is 0.407 e. The molecule has 0 saturated heterocycles. The van der Waals surface area contributed by atoms with Gasteiger partial charge in [0.25, 0.3) is 5.91 Å². The molecule has 0 aliphatic heterocycles. The molecule has 0 fully saturated rings. The van der Waals surface area contributed by atoms with Gasteiger partial charge in [-0.2, -0.15) is 0 Å². The fraction of sp³-hybridized carbons (Fsp3) is 0.174. The van der Waals surface area contributed by atoms with Crippen molar-refractivity contribution in [1.29, 1.82) is 0 Å². The minimum absolute atomic E-state index is 0.0867. The number of carbonyl (C=O) groups excluding carboxylic acids is 2. The number of carbonyl (C=O) groups is 2. The van der Waals surface area contributed by atoms with Crippen LogP contribution >= 0.6 is 0 Å². The van der Waals surface area contributed by atoms with Gasteiger partial charge in [0.2, 0.25) is 0 Å². The summed E-state index contributed by atoms with van der Waals surface area (Å²) in [5, 5.41) is 5.41. The number of hydrogen-bond donors (Lipinski definition) is 3. The van der Waals surface area contributed by atoms with Crippen molar-refractivity contribution in [2.45, 2.75) is 13.2 Å². The molecule has 1 heterocycles. The molecule has 1 aromatic heterocycles. The minimum atomic E-state index is -0.560. The summed E-state index contributed by atoms with van der Waals surface area (Å²) < 4.78 is 15.7. The van der Waals surface area contributed by atoms with Gasteiger partial charge in [0.15, 0.2) is 11.5 Å². The van der Waals surface area contributed by atoms with Crippen LogP contribution in [0.5, 0.6) is 11.5 Å². The van der Waals surface area contributed by atoms with Crippen molar-refractivity contribution in [3.8, 4) is 11.5 Å². The molecule has 3 rings (SSSR count). The molecule has 0 aliphatic rings. The van der Waals surface area contributed by atoms with Crippen LogP contribution in [-0.2, 0) is 17.9 Å².